The molecular weight excluding hydrogens is 458 g/mol. The van der Waals surface area contributed by atoms with Gasteiger partial charge in [0.1, 0.15) is 23.9 Å². The van der Waals surface area contributed by atoms with Gasteiger partial charge >= 0.3 is 0 Å². The van der Waals surface area contributed by atoms with Gasteiger partial charge in [-0.3, -0.25) is 9.59 Å². The maximum atomic E-state index is 12.0. The van der Waals surface area contributed by atoms with Gasteiger partial charge in [-0.2, -0.15) is 5.10 Å². The molecule has 0 saturated carbocycles. The number of unbranched alkanes of at least 4 members (excludes halogenated alkanes) is 3. The SMILES string of the molecule is O=C(CCCCCCC(=O)Nc1ccccc1O)N/N=C/c1ccc(OCc2ccccc2)cc1O. The van der Waals surface area contributed by atoms with Crippen molar-refractivity contribution in [3.8, 4) is 17.2 Å². The van der Waals surface area contributed by atoms with Gasteiger partial charge in [0.05, 0.1) is 11.9 Å². The van der Waals surface area contributed by atoms with Crippen molar-refractivity contribution in [1.82, 2.24) is 5.43 Å². The van der Waals surface area contributed by atoms with Gasteiger partial charge in [0, 0.05) is 24.5 Å². The lowest BCUT2D eigenvalue weighted by Crippen LogP contribution is -2.17. The molecule has 0 aromatic heterocycles. The lowest BCUT2D eigenvalue weighted by molar-refractivity contribution is -0.121. The summed E-state index contributed by atoms with van der Waals surface area (Å²) in [6.45, 7) is 0.398. The number of carbonyl (C=O) groups excluding carboxylic acids is 2. The number of nitrogens with one attached hydrogen (secondary N) is 2. The third-order valence-corrected chi connectivity index (χ3v) is 5.38. The normalized spacial score (nSPS) is 10.8. The Morgan fingerprint density at radius 1 is 0.806 bits per heavy atom. The summed E-state index contributed by atoms with van der Waals surface area (Å²) < 4.78 is 5.68. The van der Waals surface area contributed by atoms with E-state index < -0.39 is 0 Å². The molecule has 0 aliphatic carbocycles. The molecule has 8 nitrogen and oxygen atoms in total. The van der Waals surface area contributed by atoms with E-state index in [0.717, 1.165) is 18.4 Å². The van der Waals surface area contributed by atoms with Gasteiger partial charge in [-0.05, 0) is 42.7 Å². The smallest absolute Gasteiger partial charge is 0.240 e. The van der Waals surface area contributed by atoms with E-state index in [-0.39, 0.29) is 23.3 Å². The molecule has 0 aliphatic heterocycles. The number of anilines is 1. The largest absolute Gasteiger partial charge is 0.507 e. The second-order valence-electron chi connectivity index (χ2n) is 8.27. The highest BCUT2D eigenvalue weighted by Crippen LogP contribution is 2.23. The number of nitrogens with zero attached hydrogens (tertiary/aromatic N) is 1. The predicted octanol–water partition coefficient (Wildman–Crippen LogP) is 5.11. The van der Waals surface area contributed by atoms with Crippen molar-refractivity contribution < 1.29 is 24.5 Å². The minimum Gasteiger partial charge on any atom is -0.507 e. The van der Waals surface area contributed by atoms with Crippen molar-refractivity contribution in [2.45, 2.75) is 45.1 Å². The number of ether oxygens (including phenoxy) is 1. The molecule has 0 atom stereocenters. The number of amides is 2. The molecule has 3 aromatic rings. The molecule has 0 heterocycles. The molecule has 36 heavy (non-hydrogen) atoms. The minimum absolute atomic E-state index is 0.00470. The fourth-order valence-corrected chi connectivity index (χ4v) is 3.41. The molecule has 0 fully saturated rings. The average molecular weight is 490 g/mol. The molecule has 0 unspecified atom stereocenters. The zero-order valence-corrected chi connectivity index (χ0v) is 20.0. The number of rotatable bonds is 13. The molecule has 0 aliphatic rings. The average Bonchev–Trinajstić information content (AvgIpc) is 2.88. The van der Waals surface area contributed by atoms with Gasteiger partial charge in [0.15, 0.2) is 0 Å². The number of hydrogen-bond acceptors (Lipinski definition) is 6. The summed E-state index contributed by atoms with van der Waals surface area (Å²) in [4.78, 5) is 23.9. The Kier molecular flexibility index (Phi) is 10.3. The Bertz CT molecular complexity index is 1160. The first-order valence-corrected chi connectivity index (χ1v) is 11.9. The van der Waals surface area contributed by atoms with Crippen LogP contribution in [-0.4, -0.2) is 28.2 Å². The second kappa shape index (κ2) is 14.2. The Hall–Kier alpha value is -4.33. The van der Waals surface area contributed by atoms with E-state index in [2.05, 4.69) is 15.8 Å². The Morgan fingerprint density at radius 2 is 1.50 bits per heavy atom. The Morgan fingerprint density at radius 3 is 2.22 bits per heavy atom. The summed E-state index contributed by atoms with van der Waals surface area (Å²) >= 11 is 0. The number of hydrazone groups is 1. The second-order valence-corrected chi connectivity index (χ2v) is 8.27. The van der Waals surface area contributed by atoms with Crippen molar-refractivity contribution in [2.75, 3.05) is 5.32 Å². The van der Waals surface area contributed by atoms with E-state index in [1.54, 1.807) is 30.3 Å². The van der Waals surface area contributed by atoms with Crippen LogP contribution in [0.15, 0.2) is 77.9 Å². The molecule has 2 amide bonds. The maximum absolute atomic E-state index is 12.0. The highest BCUT2D eigenvalue weighted by Gasteiger charge is 2.06. The third kappa shape index (κ3) is 9.13. The van der Waals surface area contributed by atoms with E-state index in [1.807, 2.05) is 30.3 Å². The number of carbonyl (C=O) groups is 2. The van der Waals surface area contributed by atoms with Crippen LogP contribution in [0.3, 0.4) is 0 Å². The van der Waals surface area contributed by atoms with Crippen molar-refractivity contribution in [3.63, 3.8) is 0 Å². The molecule has 0 bridgehead atoms. The van der Waals surface area contributed by atoms with Crippen molar-refractivity contribution in [1.29, 1.82) is 0 Å². The van der Waals surface area contributed by atoms with Crippen molar-refractivity contribution in [3.05, 3.63) is 83.9 Å². The van der Waals surface area contributed by atoms with Crippen LogP contribution in [0.4, 0.5) is 5.69 Å². The monoisotopic (exact) mass is 489 g/mol. The van der Waals surface area contributed by atoms with E-state index in [9.17, 15) is 19.8 Å². The molecule has 0 spiro atoms. The maximum Gasteiger partial charge on any atom is 0.240 e. The van der Waals surface area contributed by atoms with Crippen LogP contribution in [0.1, 0.15) is 49.7 Å². The van der Waals surface area contributed by atoms with Crippen LogP contribution in [0.2, 0.25) is 0 Å². The highest BCUT2D eigenvalue weighted by atomic mass is 16.5. The van der Waals surface area contributed by atoms with Gasteiger partial charge in [-0.15, -0.1) is 0 Å². The number of para-hydroxylation sites is 2. The number of phenolic OH excluding ortho intramolecular Hbond substituents is 2. The van der Waals surface area contributed by atoms with Crippen LogP contribution in [0.25, 0.3) is 0 Å². The number of aromatic hydroxyl groups is 2. The Balaban J connectivity index is 1.28. The van der Waals surface area contributed by atoms with E-state index >= 15 is 0 Å². The van der Waals surface area contributed by atoms with Crippen LogP contribution in [0, 0.1) is 0 Å². The van der Waals surface area contributed by atoms with Crippen LogP contribution in [-0.2, 0) is 16.2 Å². The van der Waals surface area contributed by atoms with Crippen molar-refractivity contribution in [2.24, 2.45) is 5.10 Å². The van der Waals surface area contributed by atoms with Crippen LogP contribution < -0.4 is 15.5 Å². The van der Waals surface area contributed by atoms with E-state index in [4.69, 9.17) is 4.74 Å². The quantitative estimate of drug-likeness (QED) is 0.115. The molecule has 3 aromatic carbocycles. The highest BCUT2D eigenvalue weighted by molar-refractivity contribution is 5.92. The van der Waals surface area contributed by atoms with Gasteiger partial charge in [0.25, 0.3) is 0 Å². The summed E-state index contributed by atoms with van der Waals surface area (Å²) in [5, 5.41) is 26.5. The molecule has 4 N–H and O–H groups in total. The minimum atomic E-state index is -0.217. The fraction of sp³-hybridized carbons (Fsp3) is 0.250. The van der Waals surface area contributed by atoms with Crippen LogP contribution >= 0.6 is 0 Å². The first kappa shape index (κ1) is 26.3. The standard InChI is InChI=1S/C28H31N3O5/c32-25-13-9-8-12-24(25)30-27(34)14-6-1-2-7-15-28(35)31-29-19-22-16-17-23(18-26(22)33)36-20-21-10-4-3-5-11-21/h3-5,8-13,16-19,32-33H,1-2,6-7,14-15,20H2,(H,30,34)(H,31,35)/b29-19+. The topological polar surface area (TPSA) is 120 Å². The zero-order chi connectivity index (χ0) is 25.6. The lowest BCUT2D eigenvalue weighted by atomic mass is 10.1. The molecular formula is C28H31N3O5. The molecule has 3 rings (SSSR count). The molecule has 188 valence electrons. The molecule has 0 saturated heterocycles. The number of hydrogen-bond donors (Lipinski definition) is 4. The summed E-state index contributed by atoms with van der Waals surface area (Å²) in [6.07, 6.45) is 5.07. The molecule has 0 radical (unpaired) electrons. The summed E-state index contributed by atoms with van der Waals surface area (Å²) in [5.74, 6) is 0.214. The van der Waals surface area contributed by atoms with Gasteiger partial charge in [-0.1, -0.05) is 55.3 Å². The van der Waals surface area contributed by atoms with Gasteiger partial charge in [0.2, 0.25) is 11.8 Å². The van der Waals surface area contributed by atoms with Gasteiger partial charge < -0.3 is 20.3 Å². The first-order chi connectivity index (χ1) is 17.5. The predicted molar refractivity (Wildman–Crippen MR) is 139 cm³/mol. The fourth-order valence-electron chi connectivity index (χ4n) is 3.41. The number of benzene rings is 3. The van der Waals surface area contributed by atoms with Crippen molar-refractivity contribution >= 4 is 23.7 Å². The van der Waals surface area contributed by atoms with E-state index in [1.165, 1.54) is 18.3 Å². The number of phenols is 2. The molecule has 8 heteroatoms. The summed E-state index contributed by atoms with van der Waals surface area (Å²) in [7, 11) is 0. The third-order valence-electron chi connectivity index (χ3n) is 5.38. The summed E-state index contributed by atoms with van der Waals surface area (Å²) in [6, 6.07) is 21.2. The van der Waals surface area contributed by atoms with Crippen LogP contribution in [0.5, 0.6) is 17.2 Å². The zero-order valence-electron chi connectivity index (χ0n) is 20.0. The Labute approximate surface area is 210 Å². The first-order valence-electron chi connectivity index (χ1n) is 11.9. The summed E-state index contributed by atoms with van der Waals surface area (Å²) in [5.41, 5.74) is 4.36. The van der Waals surface area contributed by atoms with Gasteiger partial charge in [-0.25, -0.2) is 5.43 Å². The van der Waals surface area contributed by atoms with E-state index in [0.29, 0.717) is 49.3 Å². The lowest BCUT2D eigenvalue weighted by Gasteiger charge is -2.08.